The lowest BCUT2D eigenvalue weighted by atomic mass is 10.0. The van der Waals surface area contributed by atoms with E-state index in [1.807, 2.05) is 35.2 Å². The maximum atomic E-state index is 12.4. The van der Waals surface area contributed by atoms with Crippen molar-refractivity contribution >= 4 is 17.7 Å². The Labute approximate surface area is 145 Å². The van der Waals surface area contributed by atoms with Crippen molar-refractivity contribution in [1.82, 2.24) is 19.7 Å². The quantitative estimate of drug-likeness (QED) is 0.840. The van der Waals surface area contributed by atoms with Crippen molar-refractivity contribution in [3.8, 4) is 0 Å². The highest BCUT2D eigenvalue weighted by atomic mass is 32.2. The van der Waals surface area contributed by atoms with Gasteiger partial charge >= 0.3 is 5.69 Å². The average molecular weight is 346 g/mol. The van der Waals surface area contributed by atoms with Gasteiger partial charge in [-0.3, -0.25) is 9.36 Å². The zero-order chi connectivity index (χ0) is 16.9. The Morgan fingerprint density at radius 3 is 2.92 bits per heavy atom. The number of hydrogen-bond acceptors (Lipinski definition) is 4. The Balaban J connectivity index is 1.63. The summed E-state index contributed by atoms with van der Waals surface area (Å²) in [4.78, 5) is 26.3. The third-order valence-electron chi connectivity index (χ3n) is 4.24. The Kier molecular flexibility index (Phi) is 5.40. The standard InChI is InChI=1S/C17H22N4O2S/c1-13-6-5-9-20(10-13)15(22)12-24-17-19-18-16(23)21(17)11-14-7-3-2-4-8-14/h2-4,7-8,13H,5-6,9-12H2,1H3,(H,18,23). The van der Waals surface area contributed by atoms with Gasteiger partial charge in [0.1, 0.15) is 0 Å². The summed E-state index contributed by atoms with van der Waals surface area (Å²) < 4.78 is 1.58. The molecule has 1 aliphatic heterocycles. The second-order valence-electron chi connectivity index (χ2n) is 6.26. The van der Waals surface area contributed by atoms with E-state index in [4.69, 9.17) is 0 Å². The highest BCUT2D eigenvalue weighted by molar-refractivity contribution is 7.99. The molecule has 6 nitrogen and oxygen atoms in total. The van der Waals surface area contributed by atoms with Gasteiger partial charge in [-0.2, -0.15) is 0 Å². The number of benzene rings is 1. The lowest BCUT2D eigenvalue weighted by molar-refractivity contribution is -0.130. The van der Waals surface area contributed by atoms with Crippen molar-refractivity contribution in [3.05, 3.63) is 46.4 Å². The van der Waals surface area contributed by atoms with Crippen LogP contribution in [0.5, 0.6) is 0 Å². The van der Waals surface area contributed by atoms with E-state index in [1.165, 1.54) is 18.2 Å². The molecule has 0 saturated carbocycles. The number of nitrogens with zero attached hydrogens (tertiary/aromatic N) is 3. The minimum absolute atomic E-state index is 0.119. The first kappa shape index (κ1) is 16.8. The number of amides is 1. The fourth-order valence-corrected chi connectivity index (χ4v) is 3.80. The largest absolute Gasteiger partial charge is 0.344 e. The van der Waals surface area contributed by atoms with Crippen LogP contribution in [0.1, 0.15) is 25.3 Å². The predicted molar refractivity (Wildman–Crippen MR) is 94.1 cm³/mol. The second-order valence-corrected chi connectivity index (χ2v) is 7.20. The molecule has 2 heterocycles. The van der Waals surface area contributed by atoms with E-state index in [0.29, 0.717) is 23.4 Å². The van der Waals surface area contributed by atoms with E-state index in [-0.39, 0.29) is 11.6 Å². The van der Waals surface area contributed by atoms with Gasteiger partial charge in [-0.25, -0.2) is 9.89 Å². The number of rotatable bonds is 5. The Morgan fingerprint density at radius 1 is 1.38 bits per heavy atom. The summed E-state index contributed by atoms with van der Waals surface area (Å²) in [5, 5.41) is 7.10. The van der Waals surface area contributed by atoms with Crippen LogP contribution in [-0.4, -0.2) is 44.4 Å². The van der Waals surface area contributed by atoms with Crippen molar-refractivity contribution in [3.63, 3.8) is 0 Å². The molecule has 3 rings (SSSR count). The zero-order valence-corrected chi connectivity index (χ0v) is 14.6. The highest BCUT2D eigenvalue weighted by Crippen LogP contribution is 2.19. The number of hydrogen-bond donors (Lipinski definition) is 1. The van der Waals surface area contributed by atoms with E-state index in [1.54, 1.807) is 4.57 Å². The van der Waals surface area contributed by atoms with Crippen LogP contribution in [0.15, 0.2) is 40.3 Å². The summed E-state index contributed by atoms with van der Waals surface area (Å²) in [6.45, 7) is 4.29. The Morgan fingerprint density at radius 2 is 2.17 bits per heavy atom. The number of aromatic amines is 1. The SMILES string of the molecule is CC1CCCN(C(=O)CSc2n[nH]c(=O)n2Cc2ccccc2)C1. The molecule has 7 heteroatoms. The van der Waals surface area contributed by atoms with Gasteiger partial charge in [0, 0.05) is 13.1 Å². The smallest absolute Gasteiger partial charge is 0.342 e. The lowest BCUT2D eigenvalue weighted by Crippen LogP contribution is -2.40. The molecule has 0 radical (unpaired) electrons. The van der Waals surface area contributed by atoms with Gasteiger partial charge in [0.05, 0.1) is 12.3 Å². The van der Waals surface area contributed by atoms with Crippen molar-refractivity contribution < 1.29 is 4.79 Å². The molecule has 1 aliphatic rings. The van der Waals surface area contributed by atoms with Gasteiger partial charge in [-0.1, -0.05) is 49.0 Å². The van der Waals surface area contributed by atoms with E-state index >= 15 is 0 Å². The summed E-state index contributed by atoms with van der Waals surface area (Å²) >= 11 is 1.32. The molecule has 0 bridgehead atoms. The minimum atomic E-state index is -0.250. The van der Waals surface area contributed by atoms with Gasteiger partial charge in [-0.05, 0) is 24.3 Å². The number of likely N-dealkylation sites (tertiary alicyclic amines) is 1. The van der Waals surface area contributed by atoms with Gasteiger partial charge in [0.15, 0.2) is 5.16 Å². The molecule has 1 aromatic heterocycles. The number of H-pyrrole nitrogens is 1. The van der Waals surface area contributed by atoms with Crippen LogP contribution in [0, 0.1) is 5.92 Å². The second kappa shape index (κ2) is 7.70. The molecular formula is C17H22N4O2S. The van der Waals surface area contributed by atoms with Crippen LogP contribution < -0.4 is 5.69 Å². The average Bonchev–Trinajstić information content (AvgIpc) is 2.94. The first-order valence-electron chi connectivity index (χ1n) is 8.23. The number of aromatic nitrogens is 3. The predicted octanol–water partition coefficient (Wildman–Crippen LogP) is 1.97. The van der Waals surface area contributed by atoms with Crippen LogP contribution in [0.4, 0.5) is 0 Å². The molecule has 1 fully saturated rings. The van der Waals surface area contributed by atoms with Crippen LogP contribution in [0.25, 0.3) is 0 Å². The molecule has 1 saturated heterocycles. The van der Waals surface area contributed by atoms with Gasteiger partial charge < -0.3 is 4.90 Å². The van der Waals surface area contributed by atoms with Crippen LogP contribution >= 0.6 is 11.8 Å². The third kappa shape index (κ3) is 4.08. The maximum absolute atomic E-state index is 12.4. The molecule has 1 unspecified atom stereocenters. The zero-order valence-electron chi connectivity index (χ0n) is 13.8. The van der Waals surface area contributed by atoms with Crippen LogP contribution in [0.3, 0.4) is 0 Å². The molecule has 1 aromatic carbocycles. The van der Waals surface area contributed by atoms with Crippen LogP contribution in [-0.2, 0) is 11.3 Å². The van der Waals surface area contributed by atoms with Crippen molar-refractivity contribution in [1.29, 1.82) is 0 Å². The van der Waals surface area contributed by atoms with Crippen LogP contribution in [0.2, 0.25) is 0 Å². The van der Waals surface area contributed by atoms with E-state index in [2.05, 4.69) is 17.1 Å². The summed E-state index contributed by atoms with van der Waals surface area (Å²) in [6.07, 6.45) is 2.26. The molecule has 128 valence electrons. The molecule has 1 amide bonds. The lowest BCUT2D eigenvalue weighted by Gasteiger charge is -2.30. The summed E-state index contributed by atoms with van der Waals surface area (Å²) in [6, 6.07) is 9.75. The molecular weight excluding hydrogens is 324 g/mol. The monoisotopic (exact) mass is 346 g/mol. The number of thioether (sulfide) groups is 1. The summed E-state index contributed by atoms with van der Waals surface area (Å²) in [7, 11) is 0. The number of nitrogens with one attached hydrogen (secondary N) is 1. The Hall–Kier alpha value is -2.02. The molecule has 0 aliphatic carbocycles. The fraction of sp³-hybridized carbons (Fsp3) is 0.471. The normalized spacial score (nSPS) is 17.9. The number of carbonyl (C=O) groups excluding carboxylic acids is 1. The molecule has 1 atom stereocenters. The highest BCUT2D eigenvalue weighted by Gasteiger charge is 2.21. The minimum Gasteiger partial charge on any atom is -0.342 e. The topological polar surface area (TPSA) is 71.0 Å². The maximum Gasteiger partial charge on any atom is 0.344 e. The number of carbonyl (C=O) groups is 1. The van der Waals surface area contributed by atoms with E-state index in [9.17, 15) is 9.59 Å². The van der Waals surface area contributed by atoms with Crippen molar-refractivity contribution in [2.24, 2.45) is 5.92 Å². The van der Waals surface area contributed by atoms with Gasteiger partial charge in [0.25, 0.3) is 0 Å². The van der Waals surface area contributed by atoms with Gasteiger partial charge in [0.2, 0.25) is 5.91 Å². The molecule has 0 spiro atoms. The van der Waals surface area contributed by atoms with Crippen molar-refractivity contribution in [2.75, 3.05) is 18.8 Å². The molecule has 1 N–H and O–H groups in total. The summed E-state index contributed by atoms with van der Waals surface area (Å²) in [5.74, 6) is 0.994. The molecule has 2 aromatic rings. The third-order valence-corrected chi connectivity index (χ3v) is 5.20. The van der Waals surface area contributed by atoms with E-state index < -0.39 is 0 Å². The Bertz CT molecular complexity index is 741. The summed E-state index contributed by atoms with van der Waals surface area (Å²) in [5.41, 5.74) is 0.777. The molecule has 24 heavy (non-hydrogen) atoms. The van der Waals surface area contributed by atoms with Gasteiger partial charge in [-0.15, -0.1) is 5.10 Å². The van der Waals surface area contributed by atoms with Crippen molar-refractivity contribution in [2.45, 2.75) is 31.5 Å². The number of piperidine rings is 1. The van der Waals surface area contributed by atoms with E-state index in [0.717, 1.165) is 25.1 Å². The first-order chi connectivity index (χ1) is 11.6. The fourth-order valence-electron chi connectivity index (χ4n) is 2.95. The first-order valence-corrected chi connectivity index (χ1v) is 9.22.